The molecule has 2 aliphatic rings. The van der Waals surface area contributed by atoms with Gasteiger partial charge in [0.05, 0.1) is 0 Å². The molecule has 7 heteroatoms. The molecular weight excluding hydrogens is 714 g/mol. The zero-order chi connectivity index (χ0) is 7.52. The number of allylic oxidation sites excluding steroid dienone is 2. The molecule has 0 saturated carbocycles. The third-order valence-corrected chi connectivity index (χ3v) is 34.0. The number of hydrogen-bond donors (Lipinski definition) is 0. The van der Waals surface area contributed by atoms with Gasteiger partial charge in [0.2, 0.25) is 0 Å². The maximum absolute atomic E-state index is 2.54. The second-order valence-electron chi connectivity index (χ2n) is 2.07. The molecular formula is C6H6Bi2Cl2P2Zr. The Morgan fingerprint density at radius 1 is 0.923 bits per heavy atom. The second-order valence-corrected chi connectivity index (χ2v) is 23.4. The van der Waals surface area contributed by atoms with Crippen LogP contribution in [0.15, 0.2) is 18.2 Å². The average molecular weight is 720 g/mol. The van der Waals surface area contributed by atoms with Crippen molar-refractivity contribution in [2.75, 3.05) is 0 Å². The molecule has 0 fully saturated rings. The van der Waals surface area contributed by atoms with E-state index in [4.69, 9.17) is 0 Å². The molecule has 0 saturated heterocycles. The number of halogens is 2. The van der Waals surface area contributed by atoms with E-state index in [2.05, 4.69) is 19.6 Å². The van der Waals surface area contributed by atoms with Crippen molar-refractivity contribution in [3.63, 3.8) is 0 Å². The summed E-state index contributed by atoms with van der Waals surface area (Å²) in [7, 11) is 0. The summed E-state index contributed by atoms with van der Waals surface area (Å²) in [5.74, 6) is 2.72. The molecule has 0 amide bonds. The topological polar surface area (TPSA) is 0 Å². The van der Waals surface area contributed by atoms with E-state index in [9.17, 15) is 0 Å². The van der Waals surface area contributed by atoms with Crippen LogP contribution in [0, 0.1) is 0 Å². The summed E-state index contributed by atoms with van der Waals surface area (Å²) >= 11 is -0.193. The molecule has 68 valence electrons. The fourth-order valence-corrected chi connectivity index (χ4v) is 36.1. The van der Waals surface area contributed by atoms with Gasteiger partial charge < -0.3 is 24.8 Å². The van der Waals surface area contributed by atoms with E-state index in [1.54, 1.807) is 0 Å². The predicted octanol–water partition coefficient (Wildman–Crippen LogP) is -5.01. The summed E-state index contributed by atoms with van der Waals surface area (Å²) in [4.78, 5) is 0. The molecule has 0 aromatic rings. The van der Waals surface area contributed by atoms with Crippen LogP contribution in [0.1, 0.15) is 0 Å². The normalized spacial score (nSPS) is 20.6. The van der Waals surface area contributed by atoms with E-state index < -0.39 is 0 Å². The third kappa shape index (κ3) is 5.97. The molecule has 13 heavy (non-hydrogen) atoms. The Morgan fingerprint density at radius 3 is 1.69 bits per heavy atom. The quantitative estimate of drug-likeness (QED) is 0.199. The van der Waals surface area contributed by atoms with Crippen molar-refractivity contribution in [2.45, 2.75) is 0 Å². The Hall–Kier alpha value is 3.31. The maximum Gasteiger partial charge on any atom is -1.00 e. The third-order valence-electron chi connectivity index (χ3n) is 1.27. The van der Waals surface area contributed by atoms with Gasteiger partial charge in [-0.25, -0.2) is 0 Å². The van der Waals surface area contributed by atoms with Crippen LogP contribution >= 0.6 is 11.7 Å². The average Bonchev–Trinajstić information content (AvgIpc) is 2.60. The van der Waals surface area contributed by atoms with Gasteiger partial charge >= 0.3 is 105 Å². The van der Waals surface area contributed by atoms with E-state index in [0.717, 1.165) is 0 Å². The molecule has 2 aliphatic heterocycles. The van der Waals surface area contributed by atoms with Gasteiger partial charge in [-0.3, -0.25) is 0 Å². The Kier molecular flexibility index (Phi) is 11.7. The molecule has 0 nitrogen and oxygen atoms in total. The molecule has 0 bridgehead atoms. The minimum absolute atomic E-state index is 0. The summed E-state index contributed by atoms with van der Waals surface area (Å²) in [6.07, 6.45) is 4.99. The summed E-state index contributed by atoms with van der Waals surface area (Å²) in [6.45, 7) is 0. The van der Waals surface area contributed by atoms with Gasteiger partial charge in [0.1, 0.15) is 0 Å². The van der Waals surface area contributed by atoms with E-state index in [1.165, 1.54) is 11.7 Å². The van der Waals surface area contributed by atoms with Gasteiger partial charge in [0.15, 0.2) is 0 Å². The van der Waals surface area contributed by atoms with Crippen molar-refractivity contribution >= 4 is 63.5 Å². The first-order valence-corrected chi connectivity index (χ1v) is 22.0. The van der Waals surface area contributed by atoms with Crippen LogP contribution < -0.4 is 24.8 Å². The van der Waals surface area contributed by atoms with Gasteiger partial charge in [0, 0.05) is 0 Å². The zero-order valence-corrected chi connectivity index (χ0v) is 19.4. The standard InChI is InChI=1S/2C3H3P.2Bi.2ClH.Zr/c2*1-2-3-4;;;;;/h2*1-2,4H;;;2*1H;/q2*-1;2*+1;;;+2/p-2. The Bertz CT molecular complexity index is 260. The monoisotopic (exact) mass is 718 g/mol. The summed E-state index contributed by atoms with van der Waals surface area (Å²) in [6, 6.07) is 0. The van der Waals surface area contributed by atoms with Crippen molar-refractivity contribution in [3.8, 4) is 0 Å². The van der Waals surface area contributed by atoms with Gasteiger partial charge in [-0.15, -0.1) is 0 Å². The molecule has 2 rings (SSSR count). The fourth-order valence-electron chi connectivity index (χ4n) is 0.796. The first-order chi connectivity index (χ1) is 5.45. The first-order valence-electron chi connectivity index (χ1n) is 3.21. The molecule has 0 aromatic carbocycles. The molecule has 0 aromatic heterocycles. The van der Waals surface area contributed by atoms with Crippen molar-refractivity contribution in [1.82, 2.24) is 0 Å². The van der Waals surface area contributed by atoms with Crippen molar-refractivity contribution < 1.29 is 48.0 Å². The minimum Gasteiger partial charge on any atom is -1.00 e. The molecule has 2 heterocycles. The summed E-state index contributed by atoms with van der Waals surface area (Å²) < 4.78 is 8.97. The smallest absolute Gasteiger partial charge is 1.00 e. The molecule has 0 N–H and O–H groups in total. The Balaban J connectivity index is 0.000000720. The minimum atomic E-state index is -0.134. The largest absolute Gasteiger partial charge is 1.00 e. The molecule has 2 atom stereocenters. The van der Waals surface area contributed by atoms with Crippen LogP contribution in [0.25, 0.3) is 0 Å². The fraction of sp³-hybridized carbons (Fsp3) is 0. The number of hydrogen-bond acceptors (Lipinski definition) is 0. The van der Waals surface area contributed by atoms with E-state index in [-0.39, 0.29) is 92.4 Å². The van der Waals surface area contributed by atoms with E-state index in [1.807, 2.05) is 6.04 Å². The van der Waals surface area contributed by atoms with Crippen molar-refractivity contribution in [1.29, 1.82) is 0 Å². The van der Waals surface area contributed by atoms with Crippen LogP contribution in [0.2, 0.25) is 0 Å². The van der Waals surface area contributed by atoms with Gasteiger partial charge in [-0.1, -0.05) is 0 Å². The van der Waals surface area contributed by atoms with Gasteiger partial charge in [-0.2, -0.15) is 0 Å². The van der Waals surface area contributed by atoms with Crippen molar-refractivity contribution in [3.05, 3.63) is 18.2 Å². The SMILES string of the molecule is [CH]1=[Bi][PH][C]([Zr+2][C]2=C[CH]=[Bi][PH]2)=C1.[Cl-].[Cl-]. The second kappa shape index (κ2) is 9.35. The predicted molar refractivity (Wildman–Crippen MR) is 56.4 cm³/mol. The van der Waals surface area contributed by atoms with Crippen molar-refractivity contribution in [2.24, 2.45) is 0 Å². The van der Waals surface area contributed by atoms with Crippen LogP contribution in [0.4, 0.5) is 0 Å². The molecule has 0 spiro atoms. The maximum atomic E-state index is 2.54. The van der Waals surface area contributed by atoms with Crippen LogP contribution in [0.5, 0.6) is 0 Å². The van der Waals surface area contributed by atoms with Crippen LogP contribution in [0.3, 0.4) is 0 Å². The van der Waals surface area contributed by atoms with Gasteiger partial charge in [-0.05, 0) is 0 Å². The Labute approximate surface area is 127 Å². The zero-order valence-electron chi connectivity index (χ0n) is 6.46. The van der Waals surface area contributed by atoms with E-state index in [0.29, 0.717) is 0 Å². The molecule has 0 radical (unpaired) electrons. The van der Waals surface area contributed by atoms with Crippen LogP contribution in [-0.2, 0) is 23.2 Å². The number of rotatable bonds is 2. The van der Waals surface area contributed by atoms with Crippen LogP contribution in [-0.4, -0.2) is 51.8 Å². The van der Waals surface area contributed by atoms with E-state index >= 15 is 0 Å². The summed E-state index contributed by atoms with van der Waals surface area (Å²) in [5, 5.41) is 0. The summed E-state index contributed by atoms with van der Waals surface area (Å²) in [5.41, 5.74) is 0. The molecule has 0 aliphatic carbocycles. The van der Waals surface area contributed by atoms with Gasteiger partial charge in [0.25, 0.3) is 0 Å². The molecule has 2 unspecified atom stereocenters. The Morgan fingerprint density at radius 2 is 1.38 bits per heavy atom. The first kappa shape index (κ1) is 16.3.